The van der Waals surface area contributed by atoms with E-state index in [0.29, 0.717) is 11.2 Å². The van der Waals surface area contributed by atoms with Crippen molar-refractivity contribution in [3.05, 3.63) is 35.8 Å². The molecule has 0 fully saturated rings. The number of aromatic carboxylic acids is 1. The van der Waals surface area contributed by atoms with Crippen molar-refractivity contribution < 1.29 is 15.0 Å². The lowest BCUT2D eigenvalue weighted by atomic mass is 10.3. The molecule has 5 nitrogen and oxygen atoms in total. The zero-order valence-corrected chi connectivity index (χ0v) is 7.21. The number of hydrogen-bond acceptors (Lipinski definition) is 3. The molecule has 0 bridgehead atoms. The molecule has 2 rings (SSSR count). The second-order valence-electron chi connectivity index (χ2n) is 2.87. The van der Waals surface area contributed by atoms with Crippen molar-refractivity contribution >= 4 is 11.6 Å². The highest BCUT2D eigenvalue weighted by molar-refractivity contribution is 5.86. The van der Waals surface area contributed by atoms with Gasteiger partial charge >= 0.3 is 5.97 Å². The highest BCUT2D eigenvalue weighted by Crippen LogP contribution is 2.09. The molecule has 2 heterocycles. The summed E-state index contributed by atoms with van der Waals surface area (Å²) in [5.41, 5.74) is 1.35. The third-order valence-electron chi connectivity index (χ3n) is 1.98. The monoisotopic (exact) mass is 192 g/mol. The van der Waals surface area contributed by atoms with Gasteiger partial charge < -0.3 is 10.2 Å². The Labute approximate surface area is 79.2 Å². The first kappa shape index (κ1) is 8.71. The Morgan fingerprint density at radius 3 is 3.00 bits per heavy atom. The predicted molar refractivity (Wildman–Crippen MR) is 48.1 cm³/mol. The number of carboxylic acid groups (broad SMARTS) is 1. The summed E-state index contributed by atoms with van der Waals surface area (Å²) in [6.45, 7) is -0.0776. The van der Waals surface area contributed by atoms with Crippen LogP contribution < -0.4 is 0 Å². The Kier molecular flexibility index (Phi) is 1.94. The largest absolute Gasteiger partial charge is 0.477 e. The second kappa shape index (κ2) is 3.12. The Bertz CT molecular complexity index is 490. The van der Waals surface area contributed by atoms with Gasteiger partial charge in [-0.15, -0.1) is 0 Å². The maximum atomic E-state index is 10.7. The number of hydrogen-bond donors (Lipinski definition) is 2. The minimum atomic E-state index is -1.02. The summed E-state index contributed by atoms with van der Waals surface area (Å²) in [6.07, 6.45) is 2.87. The minimum Gasteiger partial charge on any atom is -0.477 e. The van der Waals surface area contributed by atoms with E-state index in [1.807, 2.05) is 0 Å². The Morgan fingerprint density at radius 1 is 1.57 bits per heavy atom. The fraction of sp³-hybridized carbons (Fsp3) is 0.111. The fourth-order valence-corrected chi connectivity index (χ4v) is 1.28. The topological polar surface area (TPSA) is 74.8 Å². The molecule has 0 amide bonds. The first-order chi connectivity index (χ1) is 6.72. The van der Waals surface area contributed by atoms with Gasteiger partial charge in [0.25, 0.3) is 0 Å². The van der Waals surface area contributed by atoms with Gasteiger partial charge in [0.15, 0.2) is 5.69 Å². The zero-order chi connectivity index (χ0) is 10.1. The third-order valence-corrected chi connectivity index (χ3v) is 1.98. The van der Waals surface area contributed by atoms with E-state index < -0.39 is 5.97 Å². The third kappa shape index (κ3) is 1.23. The molecule has 72 valence electrons. The molecular formula is C9H8N2O3. The molecular weight excluding hydrogens is 184 g/mol. The van der Waals surface area contributed by atoms with Crippen LogP contribution in [0.15, 0.2) is 24.5 Å². The minimum absolute atomic E-state index is 0.0776. The fourth-order valence-electron chi connectivity index (χ4n) is 1.28. The lowest BCUT2D eigenvalue weighted by Gasteiger charge is -1.98. The van der Waals surface area contributed by atoms with Gasteiger partial charge in [0.05, 0.1) is 12.8 Å². The van der Waals surface area contributed by atoms with E-state index in [9.17, 15) is 4.79 Å². The van der Waals surface area contributed by atoms with Crippen LogP contribution in [0.25, 0.3) is 5.65 Å². The number of carbonyl (C=O) groups is 1. The predicted octanol–water partition coefficient (Wildman–Crippen LogP) is 0.525. The van der Waals surface area contributed by atoms with Gasteiger partial charge in [0, 0.05) is 6.20 Å². The summed E-state index contributed by atoms with van der Waals surface area (Å²) in [4.78, 5) is 14.6. The SMILES string of the molecule is O=C(O)c1cnc2cc(CO)ccn12. The smallest absolute Gasteiger partial charge is 0.354 e. The number of rotatable bonds is 2. The lowest BCUT2D eigenvalue weighted by molar-refractivity contribution is 0.0689. The first-order valence-electron chi connectivity index (χ1n) is 4.02. The molecule has 2 aromatic heterocycles. The standard InChI is InChI=1S/C9H8N2O3/c12-5-6-1-2-11-7(9(13)14)4-10-8(11)3-6/h1-4,12H,5H2,(H,13,14). The van der Waals surface area contributed by atoms with Gasteiger partial charge in [-0.25, -0.2) is 9.78 Å². The van der Waals surface area contributed by atoms with Crippen molar-refractivity contribution in [1.82, 2.24) is 9.38 Å². The number of imidazole rings is 1. The second-order valence-corrected chi connectivity index (χ2v) is 2.87. The molecule has 0 saturated heterocycles. The first-order valence-corrected chi connectivity index (χ1v) is 4.02. The molecule has 0 radical (unpaired) electrons. The quantitative estimate of drug-likeness (QED) is 0.727. The Balaban J connectivity index is 2.65. The van der Waals surface area contributed by atoms with Crippen molar-refractivity contribution in [2.45, 2.75) is 6.61 Å². The van der Waals surface area contributed by atoms with Crippen molar-refractivity contribution in [2.75, 3.05) is 0 Å². The van der Waals surface area contributed by atoms with Crippen molar-refractivity contribution in [2.24, 2.45) is 0 Å². The number of aliphatic hydroxyl groups excluding tert-OH is 1. The van der Waals surface area contributed by atoms with Gasteiger partial charge in [-0.3, -0.25) is 4.40 Å². The summed E-state index contributed by atoms with van der Waals surface area (Å²) >= 11 is 0. The zero-order valence-electron chi connectivity index (χ0n) is 7.21. The van der Waals surface area contributed by atoms with Gasteiger partial charge in [0.2, 0.25) is 0 Å². The molecule has 0 aliphatic heterocycles. The van der Waals surface area contributed by atoms with E-state index in [0.717, 1.165) is 0 Å². The maximum Gasteiger partial charge on any atom is 0.354 e. The molecule has 0 aliphatic carbocycles. The van der Waals surface area contributed by atoms with Crippen LogP contribution in [0.1, 0.15) is 16.1 Å². The normalized spacial score (nSPS) is 10.6. The van der Waals surface area contributed by atoms with Crippen LogP contribution in [0.2, 0.25) is 0 Å². The lowest BCUT2D eigenvalue weighted by Crippen LogP contribution is -2.01. The van der Waals surface area contributed by atoms with Gasteiger partial charge in [-0.1, -0.05) is 0 Å². The average molecular weight is 192 g/mol. The van der Waals surface area contributed by atoms with Gasteiger partial charge in [-0.05, 0) is 17.7 Å². The number of aromatic nitrogens is 2. The van der Waals surface area contributed by atoms with E-state index in [2.05, 4.69) is 4.98 Å². The molecule has 5 heteroatoms. The molecule has 0 unspecified atom stereocenters. The number of aliphatic hydroxyl groups is 1. The summed E-state index contributed by atoms with van der Waals surface area (Å²) in [7, 11) is 0. The van der Waals surface area contributed by atoms with E-state index in [-0.39, 0.29) is 12.3 Å². The van der Waals surface area contributed by atoms with Crippen LogP contribution in [-0.2, 0) is 6.61 Å². The van der Waals surface area contributed by atoms with Crippen molar-refractivity contribution in [3.8, 4) is 0 Å². The number of nitrogens with zero attached hydrogens (tertiary/aromatic N) is 2. The van der Waals surface area contributed by atoms with Crippen LogP contribution in [-0.4, -0.2) is 25.6 Å². The highest BCUT2D eigenvalue weighted by atomic mass is 16.4. The number of carboxylic acids is 1. The number of fused-ring (bicyclic) bond motifs is 1. The summed E-state index contributed by atoms with van der Waals surface area (Å²) in [5, 5.41) is 17.6. The van der Waals surface area contributed by atoms with E-state index in [1.165, 1.54) is 10.6 Å². The van der Waals surface area contributed by atoms with Crippen LogP contribution >= 0.6 is 0 Å². The molecule has 0 atom stereocenters. The van der Waals surface area contributed by atoms with Crippen molar-refractivity contribution in [1.29, 1.82) is 0 Å². The molecule has 0 spiro atoms. The van der Waals surface area contributed by atoms with Crippen LogP contribution in [0, 0.1) is 0 Å². The molecule has 0 aromatic carbocycles. The summed E-state index contributed by atoms with van der Waals surface area (Å²) < 4.78 is 1.46. The van der Waals surface area contributed by atoms with E-state index in [4.69, 9.17) is 10.2 Å². The van der Waals surface area contributed by atoms with E-state index >= 15 is 0 Å². The highest BCUT2D eigenvalue weighted by Gasteiger charge is 2.09. The Hall–Kier alpha value is -1.88. The molecule has 0 saturated carbocycles. The average Bonchev–Trinajstić information content (AvgIpc) is 2.59. The molecule has 0 aliphatic rings. The molecule has 2 aromatic rings. The van der Waals surface area contributed by atoms with Gasteiger partial charge in [0.1, 0.15) is 5.65 Å². The van der Waals surface area contributed by atoms with Crippen LogP contribution in [0.4, 0.5) is 0 Å². The molecule has 14 heavy (non-hydrogen) atoms. The molecule has 2 N–H and O–H groups in total. The number of pyridine rings is 1. The summed E-state index contributed by atoms with van der Waals surface area (Å²) in [5.74, 6) is -1.02. The van der Waals surface area contributed by atoms with Crippen molar-refractivity contribution in [3.63, 3.8) is 0 Å². The van der Waals surface area contributed by atoms with E-state index in [1.54, 1.807) is 18.3 Å². The van der Waals surface area contributed by atoms with Gasteiger partial charge in [-0.2, -0.15) is 0 Å². The van der Waals surface area contributed by atoms with Crippen LogP contribution in [0.5, 0.6) is 0 Å². The summed E-state index contributed by atoms with van der Waals surface area (Å²) in [6, 6.07) is 3.30. The Morgan fingerprint density at radius 2 is 2.36 bits per heavy atom. The van der Waals surface area contributed by atoms with Crippen LogP contribution in [0.3, 0.4) is 0 Å². The maximum absolute atomic E-state index is 10.7.